The number of rotatable bonds is 5. The molecular formula is C14H14F2N2S. The van der Waals surface area contributed by atoms with Crippen molar-refractivity contribution in [2.45, 2.75) is 24.1 Å². The Bertz CT molecular complexity index is 512. The van der Waals surface area contributed by atoms with Crippen LogP contribution < -0.4 is 5.32 Å². The fraction of sp³-hybridized carbons (Fsp3) is 0.214. The summed E-state index contributed by atoms with van der Waals surface area (Å²) in [4.78, 5) is 4.78. The second kappa shape index (κ2) is 6.52. The molecular weight excluding hydrogens is 266 g/mol. The zero-order valence-electron chi connectivity index (χ0n) is 10.4. The van der Waals surface area contributed by atoms with E-state index in [-0.39, 0.29) is 0 Å². The first-order valence-corrected chi connectivity index (χ1v) is 6.72. The molecule has 0 spiro atoms. The second-order valence-corrected chi connectivity index (χ2v) is 5.13. The lowest BCUT2D eigenvalue weighted by Gasteiger charge is -2.07. The van der Waals surface area contributed by atoms with E-state index in [1.165, 1.54) is 0 Å². The summed E-state index contributed by atoms with van der Waals surface area (Å²) in [5.74, 6) is -2.38. The van der Waals surface area contributed by atoms with Gasteiger partial charge in [0.1, 0.15) is 0 Å². The van der Waals surface area contributed by atoms with Crippen LogP contribution in [0.2, 0.25) is 0 Å². The van der Waals surface area contributed by atoms with Crippen molar-refractivity contribution in [3.8, 4) is 0 Å². The Balaban J connectivity index is 1.91. The average Bonchev–Trinajstić information content (AvgIpc) is 2.39. The van der Waals surface area contributed by atoms with E-state index in [1.54, 1.807) is 24.3 Å². The van der Waals surface area contributed by atoms with Gasteiger partial charge in [-0.2, -0.15) is 8.78 Å². The predicted molar refractivity (Wildman–Crippen MR) is 74.6 cm³/mol. The zero-order valence-corrected chi connectivity index (χ0v) is 11.3. The third kappa shape index (κ3) is 4.52. The molecule has 2 aromatic rings. The highest BCUT2D eigenvalue weighted by atomic mass is 32.2. The minimum absolute atomic E-state index is 0.552. The van der Waals surface area contributed by atoms with Crippen molar-refractivity contribution in [1.82, 2.24) is 4.98 Å². The van der Waals surface area contributed by atoms with Crippen LogP contribution in [0.1, 0.15) is 11.3 Å². The van der Waals surface area contributed by atoms with Crippen LogP contribution in [-0.2, 0) is 6.54 Å². The standard InChI is InChI=1S/C14H14F2N2S/c1-10-2-3-11(8-17-10)9-18-12-4-6-13(7-5-12)19-14(15)16/h2-8,14,18H,9H2,1H3. The van der Waals surface area contributed by atoms with E-state index < -0.39 is 5.76 Å². The molecule has 1 heterocycles. The van der Waals surface area contributed by atoms with Crippen molar-refractivity contribution in [1.29, 1.82) is 0 Å². The minimum Gasteiger partial charge on any atom is -0.381 e. The second-order valence-electron chi connectivity index (χ2n) is 4.06. The van der Waals surface area contributed by atoms with Gasteiger partial charge in [-0.05, 0) is 42.8 Å². The molecule has 1 N–H and O–H groups in total. The fourth-order valence-electron chi connectivity index (χ4n) is 1.56. The number of halogens is 2. The van der Waals surface area contributed by atoms with Crippen LogP contribution in [0.3, 0.4) is 0 Å². The third-order valence-corrected chi connectivity index (χ3v) is 3.27. The SMILES string of the molecule is Cc1ccc(CNc2ccc(SC(F)F)cc2)cn1. The molecule has 0 saturated carbocycles. The van der Waals surface area contributed by atoms with Gasteiger partial charge in [-0.25, -0.2) is 0 Å². The lowest BCUT2D eigenvalue weighted by atomic mass is 10.2. The molecule has 1 aromatic heterocycles. The molecule has 0 aliphatic heterocycles. The maximum Gasteiger partial charge on any atom is 0.288 e. The highest BCUT2D eigenvalue weighted by Gasteiger charge is 2.04. The van der Waals surface area contributed by atoms with Crippen LogP contribution in [0, 0.1) is 6.92 Å². The number of hydrogen-bond acceptors (Lipinski definition) is 3. The van der Waals surface area contributed by atoms with Gasteiger partial charge in [0.25, 0.3) is 5.76 Å². The van der Waals surface area contributed by atoms with Crippen LogP contribution in [0.25, 0.3) is 0 Å². The number of anilines is 1. The molecule has 19 heavy (non-hydrogen) atoms. The molecule has 0 unspecified atom stereocenters. The van der Waals surface area contributed by atoms with E-state index in [1.807, 2.05) is 25.3 Å². The van der Waals surface area contributed by atoms with Crippen molar-refractivity contribution in [2.24, 2.45) is 0 Å². The van der Waals surface area contributed by atoms with Gasteiger partial charge in [-0.15, -0.1) is 0 Å². The Hall–Kier alpha value is -1.62. The maximum atomic E-state index is 12.2. The van der Waals surface area contributed by atoms with E-state index in [0.29, 0.717) is 23.2 Å². The number of nitrogens with zero attached hydrogens (tertiary/aromatic N) is 1. The molecule has 5 heteroatoms. The molecule has 2 nitrogen and oxygen atoms in total. The summed E-state index contributed by atoms with van der Waals surface area (Å²) in [7, 11) is 0. The van der Waals surface area contributed by atoms with Crippen LogP contribution in [-0.4, -0.2) is 10.7 Å². The lowest BCUT2D eigenvalue weighted by Crippen LogP contribution is -1.99. The average molecular weight is 280 g/mol. The number of alkyl halides is 2. The van der Waals surface area contributed by atoms with Crippen LogP contribution >= 0.6 is 11.8 Å². The molecule has 0 radical (unpaired) electrons. The number of aryl methyl sites for hydroxylation is 1. The largest absolute Gasteiger partial charge is 0.381 e. The fourth-order valence-corrected chi connectivity index (χ4v) is 2.06. The summed E-state index contributed by atoms with van der Waals surface area (Å²) in [6.45, 7) is 2.60. The first-order chi connectivity index (χ1) is 9.13. The minimum atomic E-state index is -2.38. The molecule has 0 fully saturated rings. The van der Waals surface area contributed by atoms with Crippen LogP contribution in [0.15, 0.2) is 47.5 Å². The van der Waals surface area contributed by atoms with Crippen LogP contribution in [0.4, 0.5) is 14.5 Å². The molecule has 0 atom stereocenters. The van der Waals surface area contributed by atoms with E-state index in [9.17, 15) is 8.78 Å². The zero-order chi connectivity index (χ0) is 13.7. The van der Waals surface area contributed by atoms with Crippen molar-refractivity contribution < 1.29 is 8.78 Å². The smallest absolute Gasteiger partial charge is 0.288 e. The van der Waals surface area contributed by atoms with Gasteiger partial charge >= 0.3 is 0 Å². The molecule has 1 aromatic carbocycles. The number of nitrogens with one attached hydrogen (secondary N) is 1. The molecule has 0 saturated heterocycles. The predicted octanol–water partition coefficient (Wildman–Crippen LogP) is 4.32. The normalized spacial score (nSPS) is 10.7. The third-order valence-electron chi connectivity index (χ3n) is 2.55. The van der Waals surface area contributed by atoms with Gasteiger partial charge in [-0.3, -0.25) is 4.98 Å². The molecule has 0 amide bonds. The summed E-state index contributed by atoms with van der Waals surface area (Å²) in [5.41, 5.74) is 2.97. The van der Waals surface area contributed by atoms with Crippen molar-refractivity contribution in [3.63, 3.8) is 0 Å². The van der Waals surface area contributed by atoms with E-state index in [4.69, 9.17) is 0 Å². The first-order valence-electron chi connectivity index (χ1n) is 5.84. The molecule has 2 rings (SSSR count). The maximum absolute atomic E-state index is 12.2. The number of aromatic nitrogens is 1. The number of hydrogen-bond donors (Lipinski definition) is 1. The molecule has 0 aliphatic rings. The Labute approximate surface area is 115 Å². The van der Waals surface area contributed by atoms with Gasteiger partial charge < -0.3 is 5.32 Å². The Morgan fingerprint density at radius 1 is 1.16 bits per heavy atom. The van der Waals surface area contributed by atoms with E-state index >= 15 is 0 Å². The highest BCUT2D eigenvalue weighted by molar-refractivity contribution is 7.99. The van der Waals surface area contributed by atoms with Gasteiger partial charge in [0.15, 0.2) is 0 Å². The quantitative estimate of drug-likeness (QED) is 0.826. The summed E-state index contributed by atoms with van der Waals surface area (Å²) in [6.07, 6.45) is 1.82. The molecule has 0 aliphatic carbocycles. The number of thioether (sulfide) groups is 1. The number of benzene rings is 1. The summed E-state index contributed by atoms with van der Waals surface area (Å²) >= 11 is 0.552. The number of pyridine rings is 1. The monoisotopic (exact) mass is 280 g/mol. The van der Waals surface area contributed by atoms with E-state index in [2.05, 4.69) is 10.3 Å². The Morgan fingerprint density at radius 3 is 2.47 bits per heavy atom. The summed E-state index contributed by atoms with van der Waals surface area (Å²) < 4.78 is 24.3. The van der Waals surface area contributed by atoms with E-state index in [0.717, 1.165) is 16.9 Å². The highest BCUT2D eigenvalue weighted by Crippen LogP contribution is 2.26. The molecule has 0 bridgehead atoms. The van der Waals surface area contributed by atoms with Crippen molar-refractivity contribution >= 4 is 17.4 Å². The Kier molecular flexibility index (Phi) is 4.74. The van der Waals surface area contributed by atoms with Crippen LogP contribution in [0.5, 0.6) is 0 Å². The molecule has 100 valence electrons. The summed E-state index contributed by atoms with van der Waals surface area (Å²) in [5, 5.41) is 3.22. The lowest BCUT2D eigenvalue weighted by molar-refractivity contribution is 0.252. The Morgan fingerprint density at radius 2 is 1.89 bits per heavy atom. The first kappa shape index (κ1) is 13.8. The van der Waals surface area contributed by atoms with Gasteiger partial charge in [0.05, 0.1) is 0 Å². The van der Waals surface area contributed by atoms with Gasteiger partial charge in [0.2, 0.25) is 0 Å². The topological polar surface area (TPSA) is 24.9 Å². The van der Waals surface area contributed by atoms with Crippen molar-refractivity contribution in [3.05, 3.63) is 53.9 Å². The van der Waals surface area contributed by atoms with Gasteiger partial charge in [-0.1, -0.05) is 17.8 Å². The summed E-state index contributed by atoms with van der Waals surface area (Å²) in [6, 6.07) is 10.9. The van der Waals surface area contributed by atoms with Gasteiger partial charge in [0, 0.05) is 29.0 Å². The van der Waals surface area contributed by atoms with Crippen molar-refractivity contribution in [2.75, 3.05) is 5.32 Å².